The number of aromatic nitrogens is 1. The van der Waals surface area contributed by atoms with Crippen molar-refractivity contribution >= 4 is 22.7 Å². The number of para-hydroxylation sites is 1. The van der Waals surface area contributed by atoms with E-state index in [9.17, 15) is 14.0 Å². The number of rotatable bonds is 6. The van der Waals surface area contributed by atoms with Crippen molar-refractivity contribution in [3.63, 3.8) is 0 Å². The van der Waals surface area contributed by atoms with Crippen molar-refractivity contribution in [3.05, 3.63) is 71.7 Å². The number of amides is 2. The molecule has 1 aromatic heterocycles. The Morgan fingerprint density at radius 1 is 1.08 bits per heavy atom. The summed E-state index contributed by atoms with van der Waals surface area (Å²) in [5.41, 5.74) is 2.30. The highest BCUT2D eigenvalue weighted by molar-refractivity contribution is 5.89. The molecule has 0 saturated heterocycles. The van der Waals surface area contributed by atoms with Gasteiger partial charge in [0.15, 0.2) is 0 Å². The summed E-state index contributed by atoms with van der Waals surface area (Å²) in [5.74, 6) is -1.02. The quantitative estimate of drug-likeness (QED) is 0.637. The third kappa shape index (κ3) is 4.08. The van der Waals surface area contributed by atoms with Crippen LogP contribution in [0, 0.1) is 5.82 Å². The summed E-state index contributed by atoms with van der Waals surface area (Å²) in [6.07, 6.45) is 2.18. The Bertz CT molecular complexity index is 935. The summed E-state index contributed by atoms with van der Waals surface area (Å²) >= 11 is 0. The van der Waals surface area contributed by atoms with Gasteiger partial charge in [-0.3, -0.25) is 9.59 Å². The molecule has 0 saturated carbocycles. The second-order valence-corrected chi connectivity index (χ2v) is 6.13. The lowest BCUT2D eigenvalue weighted by molar-refractivity contribution is -0.128. The molecule has 0 aliphatic carbocycles. The van der Waals surface area contributed by atoms with Gasteiger partial charge in [0.1, 0.15) is 11.9 Å². The van der Waals surface area contributed by atoms with E-state index >= 15 is 0 Å². The highest BCUT2D eigenvalue weighted by Crippen LogP contribution is 2.19. The maximum atomic E-state index is 13.7. The minimum absolute atomic E-state index is 0.0650. The fourth-order valence-electron chi connectivity index (χ4n) is 2.92. The predicted octanol–water partition coefficient (Wildman–Crippen LogP) is 2.67. The second-order valence-electron chi connectivity index (χ2n) is 6.13. The summed E-state index contributed by atoms with van der Waals surface area (Å²) in [4.78, 5) is 27.2. The van der Waals surface area contributed by atoms with Gasteiger partial charge in [-0.25, -0.2) is 4.39 Å². The molecular weight excluding hydrogens is 333 g/mol. The molecule has 3 N–H and O–H groups in total. The van der Waals surface area contributed by atoms with Crippen LogP contribution < -0.4 is 10.6 Å². The number of H-pyrrole nitrogens is 1. The van der Waals surface area contributed by atoms with Crippen molar-refractivity contribution in [2.75, 3.05) is 0 Å². The molecule has 0 aliphatic heterocycles. The van der Waals surface area contributed by atoms with Crippen LogP contribution in [0.25, 0.3) is 10.9 Å². The van der Waals surface area contributed by atoms with Gasteiger partial charge in [0.25, 0.3) is 0 Å². The SMILES string of the molecule is CC(=O)NC(Cc1c[nH]c2ccccc12)C(=O)NCc1ccccc1F. The third-order valence-corrected chi connectivity index (χ3v) is 4.20. The standard InChI is InChI=1S/C20H20FN3O2/c1-13(25)24-19(10-15-12-22-18-9-5-3-7-16(15)18)20(26)23-11-14-6-2-4-8-17(14)21/h2-9,12,19,22H,10-11H2,1H3,(H,23,26)(H,24,25). The first-order valence-corrected chi connectivity index (χ1v) is 8.38. The Labute approximate surface area is 150 Å². The molecule has 1 heterocycles. The van der Waals surface area contributed by atoms with Crippen molar-refractivity contribution in [3.8, 4) is 0 Å². The first kappa shape index (κ1) is 17.7. The van der Waals surface area contributed by atoms with Gasteiger partial charge in [-0.1, -0.05) is 36.4 Å². The number of carbonyl (C=O) groups is 2. The summed E-state index contributed by atoms with van der Waals surface area (Å²) in [6, 6.07) is 13.3. The van der Waals surface area contributed by atoms with Crippen LogP contribution in [0.3, 0.4) is 0 Å². The zero-order valence-corrected chi connectivity index (χ0v) is 14.4. The van der Waals surface area contributed by atoms with E-state index in [1.54, 1.807) is 18.2 Å². The number of fused-ring (bicyclic) bond motifs is 1. The van der Waals surface area contributed by atoms with Gasteiger partial charge in [0.05, 0.1) is 0 Å². The number of hydrogen-bond donors (Lipinski definition) is 3. The van der Waals surface area contributed by atoms with E-state index in [1.165, 1.54) is 13.0 Å². The van der Waals surface area contributed by atoms with E-state index in [4.69, 9.17) is 0 Å². The first-order chi connectivity index (χ1) is 12.5. The summed E-state index contributed by atoms with van der Waals surface area (Å²) < 4.78 is 13.7. The van der Waals surface area contributed by atoms with Crippen molar-refractivity contribution in [1.82, 2.24) is 15.6 Å². The Hall–Kier alpha value is -3.15. The molecule has 0 spiro atoms. The topological polar surface area (TPSA) is 74.0 Å². The van der Waals surface area contributed by atoms with E-state index in [-0.39, 0.29) is 24.2 Å². The molecule has 2 aromatic carbocycles. The molecule has 3 rings (SSSR count). The number of halogens is 1. The van der Waals surface area contributed by atoms with Crippen LogP contribution in [-0.2, 0) is 22.6 Å². The Morgan fingerprint density at radius 3 is 2.58 bits per heavy atom. The Balaban J connectivity index is 1.74. The minimum Gasteiger partial charge on any atom is -0.361 e. The van der Waals surface area contributed by atoms with Crippen LogP contribution in [0.4, 0.5) is 4.39 Å². The van der Waals surface area contributed by atoms with Gasteiger partial charge in [0, 0.05) is 42.6 Å². The van der Waals surface area contributed by atoms with E-state index < -0.39 is 6.04 Å². The molecule has 5 nitrogen and oxygen atoms in total. The van der Waals surface area contributed by atoms with Crippen LogP contribution in [0.15, 0.2) is 54.7 Å². The van der Waals surface area contributed by atoms with Gasteiger partial charge < -0.3 is 15.6 Å². The first-order valence-electron chi connectivity index (χ1n) is 8.38. The summed E-state index contributed by atoms with van der Waals surface area (Å²) in [7, 11) is 0. The van der Waals surface area contributed by atoms with Gasteiger partial charge in [-0.2, -0.15) is 0 Å². The van der Waals surface area contributed by atoms with Crippen LogP contribution in [0.2, 0.25) is 0 Å². The largest absolute Gasteiger partial charge is 0.361 e. The van der Waals surface area contributed by atoms with Crippen molar-refractivity contribution in [2.45, 2.75) is 25.9 Å². The lowest BCUT2D eigenvalue weighted by atomic mass is 10.0. The van der Waals surface area contributed by atoms with Crippen molar-refractivity contribution in [2.24, 2.45) is 0 Å². The normalized spacial score (nSPS) is 11.9. The van der Waals surface area contributed by atoms with Crippen LogP contribution in [-0.4, -0.2) is 22.8 Å². The fourth-order valence-corrected chi connectivity index (χ4v) is 2.92. The van der Waals surface area contributed by atoms with Gasteiger partial charge in [-0.05, 0) is 17.7 Å². The highest BCUT2D eigenvalue weighted by Gasteiger charge is 2.21. The molecule has 0 fully saturated rings. The van der Waals surface area contributed by atoms with Crippen molar-refractivity contribution < 1.29 is 14.0 Å². The van der Waals surface area contributed by atoms with Crippen LogP contribution >= 0.6 is 0 Å². The van der Waals surface area contributed by atoms with E-state index in [2.05, 4.69) is 15.6 Å². The number of carbonyl (C=O) groups excluding carboxylic acids is 2. The van der Waals surface area contributed by atoms with Crippen LogP contribution in [0.1, 0.15) is 18.1 Å². The maximum Gasteiger partial charge on any atom is 0.243 e. The summed E-state index contributed by atoms with van der Waals surface area (Å²) in [5, 5.41) is 6.38. The van der Waals surface area contributed by atoms with Crippen molar-refractivity contribution in [1.29, 1.82) is 0 Å². The molecule has 3 aromatic rings. The number of benzene rings is 2. The van der Waals surface area contributed by atoms with Gasteiger partial charge >= 0.3 is 0 Å². The minimum atomic E-state index is -0.738. The Morgan fingerprint density at radius 2 is 1.81 bits per heavy atom. The number of hydrogen-bond acceptors (Lipinski definition) is 2. The molecular formula is C20H20FN3O2. The smallest absolute Gasteiger partial charge is 0.243 e. The number of nitrogens with one attached hydrogen (secondary N) is 3. The average Bonchev–Trinajstić information content (AvgIpc) is 3.03. The highest BCUT2D eigenvalue weighted by atomic mass is 19.1. The lowest BCUT2D eigenvalue weighted by Gasteiger charge is -2.17. The van der Waals surface area contributed by atoms with E-state index in [0.717, 1.165) is 16.5 Å². The van der Waals surface area contributed by atoms with Gasteiger partial charge in [0.2, 0.25) is 11.8 Å². The zero-order chi connectivity index (χ0) is 18.5. The molecule has 2 amide bonds. The van der Waals surface area contributed by atoms with E-state index in [0.29, 0.717) is 12.0 Å². The third-order valence-electron chi connectivity index (χ3n) is 4.20. The molecule has 134 valence electrons. The molecule has 0 aliphatic rings. The lowest BCUT2D eigenvalue weighted by Crippen LogP contribution is -2.47. The summed E-state index contributed by atoms with van der Waals surface area (Å²) in [6.45, 7) is 1.43. The molecule has 1 unspecified atom stereocenters. The fraction of sp³-hybridized carbons (Fsp3) is 0.200. The molecule has 0 radical (unpaired) electrons. The molecule has 26 heavy (non-hydrogen) atoms. The molecule has 0 bridgehead atoms. The maximum absolute atomic E-state index is 13.7. The molecule has 1 atom stereocenters. The predicted molar refractivity (Wildman–Crippen MR) is 97.9 cm³/mol. The van der Waals surface area contributed by atoms with E-state index in [1.807, 2.05) is 30.5 Å². The number of aromatic amines is 1. The molecule has 6 heteroatoms. The second kappa shape index (κ2) is 7.82. The average molecular weight is 353 g/mol. The monoisotopic (exact) mass is 353 g/mol. The Kier molecular flexibility index (Phi) is 5.31. The zero-order valence-electron chi connectivity index (χ0n) is 14.4. The van der Waals surface area contributed by atoms with Crippen LogP contribution in [0.5, 0.6) is 0 Å². The van der Waals surface area contributed by atoms with Gasteiger partial charge in [-0.15, -0.1) is 0 Å².